The zero-order valence-corrected chi connectivity index (χ0v) is 17.0. The molecule has 0 saturated heterocycles. The first-order valence-electron chi connectivity index (χ1n) is 7.73. The van der Waals surface area contributed by atoms with Crippen LogP contribution in [0.15, 0.2) is 46.9 Å². The van der Waals surface area contributed by atoms with E-state index in [2.05, 4.69) is 20.9 Å². The van der Waals surface area contributed by atoms with E-state index in [9.17, 15) is 4.79 Å². The van der Waals surface area contributed by atoms with E-state index in [-0.39, 0.29) is 5.91 Å². The van der Waals surface area contributed by atoms with Gasteiger partial charge in [-0.3, -0.25) is 9.69 Å². The van der Waals surface area contributed by atoms with E-state index in [0.29, 0.717) is 22.3 Å². The van der Waals surface area contributed by atoms with Gasteiger partial charge in [-0.05, 0) is 50.5 Å². The molecule has 4 nitrogen and oxygen atoms in total. The van der Waals surface area contributed by atoms with Crippen molar-refractivity contribution < 1.29 is 4.79 Å². The molecule has 1 aromatic heterocycles. The topological polar surface area (TPSA) is 36.4 Å². The van der Waals surface area contributed by atoms with Crippen LogP contribution in [-0.2, 0) is 0 Å². The standard InChI is InChI=1S/C18H17BrClN3OS/c1-22(2)10-11-23(17(24)12-6-8-13(19)9-7-12)18-21-16-14(20)4-3-5-15(16)25-18/h3-9H,10-11H2,1-2H3. The van der Waals surface area contributed by atoms with Crippen LogP contribution in [-0.4, -0.2) is 43.0 Å². The number of halogens is 2. The zero-order valence-electron chi connectivity index (χ0n) is 13.9. The Morgan fingerprint density at radius 1 is 1.16 bits per heavy atom. The fourth-order valence-electron chi connectivity index (χ4n) is 2.35. The average Bonchev–Trinajstić information content (AvgIpc) is 3.00. The van der Waals surface area contributed by atoms with Crippen LogP contribution in [0.2, 0.25) is 5.02 Å². The molecular weight excluding hydrogens is 422 g/mol. The summed E-state index contributed by atoms with van der Waals surface area (Å²) in [5.41, 5.74) is 1.37. The molecule has 0 atom stereocenters. The molecule has 0 N–H and O–H groups in total. The summed E-state index contributed by atoms with van der Waals surface area (Å²) in [6.07, 6.45) is 0. The number of para-hydroxylation sites is 1. The molecule has 0 unspecified atom stereocenters. The van der Waals surface area contributed by atoms with Crippen LogP contribution in [0.1, 0.15) is 10.4 Å². The fourth-order valence-corrected chi connectivity index (χ4v) is 3.91. The predicted octanol–water partition coefficient (Wildman–Crippen LogP) is 4.92. The Bertz CT molecular complexity index is 895. The van der Waals surface area contributed by atoms with Gasteiger partial charge in [0.2, 0.25) is 0 Å². The van der Waals surface area contributed by atoms with Crippen molar-refractivity contribution in [2.24, 2.45) is 0 Å². The number of carbonyl (C=O) groups excluding carboxylic acids is 1. The molecule has 0 bridgehead atoms. The van der Waals surface area contributed by atoms with Crippen molar-refractivity contribution in [3.8, 4) is 0 Å². The number of benzene rings is 2. The number of likely N-dealkylation sites (N-methyl/N-ethyl adjacent to an activating group) is 1. The number of amides is 1. The number of anilines is 1. The molecule has 0 aliphatic rings. The monoisotopic (exact) mass is 437 g/mol. The van der Waals surface area contributed by atoms with E-state index in [4.69, 9.17) is 11.6 Å². The maximum atomic E-state index is 13.1. The van der Waals surface area contributed by atoms with E-state index < -0.39 is 0 Å². The number of fused-ring (bicyclic) bond motifs is 1. The first-order chi connectivity index (χ1) is 12.0. The number of nitrogens with zero attached hydrogens (tertiary/aromatic N) is 3. The minimum Gasteiger partial charge on any atom is -0.308 e. The summed E-state index contributed by atoms with van der Waals surface area (Å²) < 4.78 is 1.91. The Morgan fingerprint density at radius 3 is 2.52 bits per heavy atom. The van der Waals surface area contributed by atoms with Gasteiger partial charge in [0, 0.05) is 23.1 Å². The smallest absolute Gasteiger partial charge is 0.260 e. The molecule has 0 aliphatic carbocycles. The van der Waals surface area contributed by atoms with E-state index in [0.717, 1.165) is 21.2 Å². The highest BCUT2D eigenvalue weighted by atomic mass is 79.9. The molecule has 0 fully saturated rings. The molecule has 0 aliphatic heterocycles. The summed E-state index contributed by atoms with van der Waals surface area (Å²) in [4.78, 5) is 21.4. The normalized spacial score (nSPS) is 11.2. The van der Waals surface area contributed by atoms with Gasteiger partial charge in [0.15, 0.2) is 5.13 Å². The summed E-state index contributed by atoms with van der Waals surface area (Å²) in [5, 5.41) is 1.27. The molecule has 130 valence electrons. The summed E-state index contributed by atoms with van der Waals surface area (Å²) in [6, 6.07) is 13.0. The Hall–Kier alpha value is -1.47. The molecule has 0 spiro atoms. The second-order valence-corrected chi connectivity index (χ2v) is 8.18. The molecule has 0 saturated carbocycles. The third-order valence-corrected chi connectivity index (χ3v) is 5.57. The highest BCUT2D eigenvalue weighted by Gasteiger charge is 2.22. The van der Waals surface area contributed by atoms with Crippen LogP contribution in [0.3, 0.4) is 0 Å². The van der Waals surface area contributed by atoms with Crippen LogP contribution in [0.4, 0.5) is 5.13 Å². The number of hydrogen-bond donors (Lipinski definition) is 0. The maximum absolute atomic E-state index is 13.1. The van der Waals surface area contributed by atoms with Crippen LogP contribution < -0.4 is 4.90 Å². The predicted molar refractivity (Wildman–Crippen MR) is 109 cm³/mol. The average molecular weight is 439 g/mol. The van der Waals surface area contributed by atoms with Gasteiger partial charge in [0.05, 0.1) is 9.72 Å². The van der Waals surface area contributed by atoms with Crippen molar-refractivity contribution in [2.75, 3.05) is 32.1 Å². The second-order valence-electron chi connectivity index (χ2n) is 5.85. The first-order valence-corrected chi connectivity index (χ1v) is 9.71. The summed E-state index contributed by atoms with van der Waals surface area (Å²) in [5.74, 6) is -0.0653. The number of aromatic nitrogens is 1. The summed E-state index contributed by atoms with van der Waals surface area (Å²) in [7, 11) is 3.97. The van der Waals surface area contributed by atoms with E-state index in [1.54, 1.807) is 4.90 Å². The van der Waals surface area contributed by atoms with Crippen molar-refractivity contribution in [1.29, 1.82) is 0 Å². The van der Waals surface area contributed by atoms with Crippen molar-refractivity contribution in [3.05, 3.63) is 57.5 Å². The molecule has 7 heteroatoms. The van der Waals surface area contributed by atoms with Gasteiger partial charge >= 0.3 is 0 Å². The molecule has 1 amide bonds. The second kappa shape index (κ2) is 7.83. The molecule has 25 heavy (non-hydrogen) atoms. The SMILES string of the molecule is CN(C)CCN(C(=O)c1ccc(Br)cc1)c1nc2c(Cl)cccc2s1. The first kappa shape index (κ1) is 18.3. The summed E-state index contributed by atoms with van der Waals surface area (Å²) >= 11 is 11.1. The molecule has 2 aromatic carbocycles. The van der Waals surface area contributed by atoms with Crippen molar-refractivity contribution in [1.82, 2.24) is 9.88 Å². The lowest BCUT2D eigenvalue weighted by molar-refractivity contribution is 0.0985. The zero-order chi connectivity index (χ0) is 18.0. The molecule has 3 aromatic rings. The minimum absolute atomic E-state index is 0.0653. The molecule has 3 rings (SSSR count). The lowest BCUT2D eigenvalue weighted by atomic mass is 10.2. The van der Waals surface area contributed by atoms with E-state index in [1.165, 1.54) is 11.3 Å². The molecular formula is C18H17BrClN3OS. The van der Waals surface area contributed by atoms with Crippen LogP contribution >= 0.6 is 38.9 Å². The van der Waals surface area contributed by atoms with Crippen molar-refractivity contribution >= 4 is 60.1 Å². The Kier molecular flexibility index (Phi) is 5.74. The number of rotatable bonds is 5. The van der Waals surface area contributed by atoms with E-state index in [1.807, 2.05) is 61.5 Å². The van der Waals surface area contributed by atoms with Gasteiger partial charge in [-0.2, -0.15) is 0 Å². The third kappa shape index (κ3) is 4.20. The van der Waals surface area contributed by atoms with Gasteiger partial charge < -0.3 is 4.90 Å². The Labute approximate surface area is 164 Å². The van der Waals surface area contributed by atoms with Gasteiger partial charge in [-0.25, -0.2) is 4.98 Å². The largest absolute Gasteiger partial charge is 0.308 e. The minimum atomic E-state index is -0.0653. The number of carbonyl (C=O) groups is 1. The van der Waals surface area contributed by atoms with Crippen LogP contribution in [0.25, 0.3) is 10.2 Å². The van der Waals surface area contributed by atoms with E-state index >= 15 is 0 Å². The quantitative estimate of drug-likeness (QED) is 0.567. The number of thiazole rings is 1. The Balaban J connectivity index is 1.99. The van der Waals surface area contributed by atoms with Gasteiger partial charge in [-0.15, -0.1) is 0 Å². The van der Waals surface area contributed by atoms with Gasteiger partial charge in [-0.1, -0.05) is 44.9 Å². The highest BCUT2D eigenvalue weighted by molar-refractivity contribution is 9.10. The van der Waals surface area contributed by atoms with Gasteiger partial charge in [0.1, 0.15) is 5.52 Å². The highest BCUT2D eigenvalue weighted by Crippen LogP contribution is 2.33. The molecule has 1 heterocycles. The lowest BCUT2D eigenvalue weighted by Gasteiger charge is -2.22. The lowest BCUT2D eigenvalue weighted by Crippen LogP contribution is -2.36. The van der Waals surface area contributed by atoms with Crippen LogP contribution in [0, 0.1) is 0 Å². The van der Waals surface area contributed by atoms with Crippen LogP contribution in [0.5, 0.6) is 0 Å². The fraction of sp³-hybridized carbons (Fsp3) is 0.222. The van der Waals surface area contributed by atoms with Gasteiger partial charge in [0.25, 0.3) is 5.91 Å². The third-order valence-electron chi connectivity index (χ3n) is 3.70. The van der Waals surface area contributed by atoms with Crippen molar-refractivity contribution in [2.45, 2.75) is 0 Å². The number of hydrogen-bond acceptors (Lipinski definition) is 4. The Morgan fingerprint density at radius 2 is 1.88 bits per heavy atom. The maximum Gasteiger partial charge on any atom is 0.260 e. The van der Waals surface area contributed by atoms with Crippen molar-refractivity contribution in [3.63, 3.8) is 0 Å². The summed E-state index contributed by atoms with van der Waals surface area (Å²) in [6.45, 7) is 1.30. The molecule has 0 radical (unpaired) electrons.